The largest absolute Gasteiger partial charge is 0.497 e. The van der Waals surface area contributed by atoms with Crippen molar-refractivity contribution in [2.24, 2.45) is 0 Å². The first-order chi connectivity index (χ1) is 13.5. The van der Waals surface area contributed by atoms with E-state index in [1.54, 1.807) is 19.2 Å². The average Bonchev–Trinajstić information content (AvgIpc) is 3.07. The number of rotatable bonds is 5. The molecule has 3 aromatic carbocycles. The third-order valence-corrected chi connectivity index (χ3v) is 6.60. The summed E-state index contributed by atoms with van der Waals surface area (Å²) in [6.07, 6.45) is 0.483. The summed E-state index contributed by atoms with van der Waals surface area (Å²) in [6, 6.07) is 24.2. The molecule has 142 valence electrons. The Morgan fingerprint density at radius 3 is 2.39 bits per heavy atom. The van der Waals surface area contributed by atoms with E-state index < -0.39 is 10.0 Å². The van der Waals surface area contributed by atoms with E-state index in [-0.39, 0.29) is 4.90 Å². The fraction of sp³-hybridized carbons (Fsp3) is 0.130. The molecular weight excluding hydrogens is 370 g/mol. The number of para-hydroxylation sites is 1. The van der Waals surface area contributed by atoms with Crippen molar-refractivity contribution in [3.8, 4) is 5.75 Å². The van der Waals surface area contributed by atoms with Crippen molar-refractivity contribution in [2.75, 3.05) is 7.11 Å². The van der Waals surface area contributed by atoms with Crippen molar-refractivity contribution < 1.29 is 13.2 Å². The summed E-state index contributed by atoms with van der Waals surface area (Å²) in [6.45, 7) is 1.94. The van der Waals surface area contributed by atoms with Crippen LogP contribution in [0.2, 0.25) is 0 Å². The first-order valence-electron chi connectivity index (χ1n) is 9.03. The standard InChI is InChI=1S/C23H21NO3S/c1-17-10-12-22(13-11-17)28(25,26)24-20(16-19-7-3-4-9-23(19)24)14-18-6-5-8-21(15-18)27-2/h3-13,15-16H,14H2,1-2H3. The summed E-state index contributed by atoms with van der Waals surface area (Å²) >= 11 is 0. The lowest BCUT2D eigenvalue weighted by molar-refractivity contribution is 0.414. The molecule has 1 heterocycles. The van der Waals surface area contributed by atoms with E-state index in [0.29, 0.717) is 11.9 Å². The quantitative estimate of drug-likeness (QED) is 0.492. The molecule has 0 radical (unpaired) electrons. The number of aryl methyl sites for hydroxylation is 1. The Hall–Kier alpha value is -3.05. The van der Waals surface area contributed by atoms with Gasteiger partial charge in [-0.2, -0.15) is 0 Å². The molecule has 0 spiro atoms. The third-order valence-electron chi connectivity index (χ3n) is 4.82. The molecule has 0 amide bonds. The van der Waals surface area contributed by atoms with Crippen LogP contribution in [0.15, 0.2) is 83.8 Å². The van der Waals surface area contributed by atoms with Crippen LogP contribution in [-0.2, 0) is 16.4 Å². The van der Waals surface area contributed by atoms with Crippen LogP contribution in [0.5, 0.6) is 5.75 Å². The van der Waals surface area contributed by atoms with Crippen molar-refractivity contribution in [3.63, 3.8) is 0 Å². The van der Waals surface area contributed by atoms with Gasteiger partial charge in [0.15, 0.2) is 0 Å². The van der Waals surface area contributed by atoms with E-state index in [0.717, 1.165) is 28.0 Å². The minimum Gasteiger partial charge on any atom is -0.497 e. The third kappa shape index (κ3) is 3.29. The van der Waals surface area contributed by atoms with Crippen molar-refractivity contribution >= 4 is 20.9 Å². The zero-order valence-electron chi connectivity index (χ0n) is 15.8. The second-order valence-corrected chi connectivity index (χ2v) is 8.59. The lowest BCUT2D eigenvalue weighted by Gasteiger charge is -2.13. The van der Waals surface area contributed by atoms with Gasteiger partial charge in [0.2, 0.25) is 0 Å². The lowest BCUT2D eigenvalue weighted by atomic mass is 10.1. The summed E-state index contributed by atoms with van der Waals surface area (Å²) in [7, 11) is -2.10. The van der Waals surface area contributed by atoms with Gasteiger partial charge in [0.1, 0.15) is 5.75 Å². The summed E-state index contributed by atoms with van der Waals surface area (Å²) < 4.78 is 33.8. The molecule has 28 heavy (non-hydrogen) atoms. The Morgan fingerprint density at radius 2 is 1.64 bits per heavy atom. The Balaban J connectivity index is 1.89. The molecule has 0 aliphatic carbocycles. The van der Waals surface area contributed by atoms with Crippen molar-refractivity contribution in [3.05, 3.63) is 95.7 Å². The number of hydrogen-bond donors (Lipinski definition) is 0. The Morgan fingerprint density at radius 1 is 0.893 bits per heavy atom. The fourth-order valence-corrected chi connectivity index (χ4v) is 4.94. The molecule has 4 rings (SSSR count). The van der Waals surface area contributed by atoms with Gasteiger partial charge in [-0.25, -0.2) is 12.4 Å². The van der Waals surface area contributed by atoms with Crippen LogP contribution in [-0.4, -0.2) is 19.5 Å². The van der Waals surface area contributed by atoms with Crippen LogP contribution < -0.4 is 4.74 Å². The second kappa shape index (κ2) is 7.17. The number of hydrogen-bond acceptors (Lipinski definition) is 3. The number of benzene rings is 3. The lowest BCUT2D eigenvalue weighted by Crippen LogP contribution is -2.16. The predicted molar refractivity (Wildman–Crippen MR) is 112 cm³/mol. The molecule has 4 aromatic rings. The molecule has 0 aliphatic rings. The van der Waals surface area contributed by atoms with Crippen LogP contribution in [0.25, 0.3) is 10.9 Å². The van der Waals surface area contributed by atoms with Crippen LogP contribution in [0.3, 0.4) is 0 Å². The maximum atomic E-state index is 13.5. The molecule has 5 heteroatoms. The van der Waals surface area contributed by atoms with Gasteiger partial charge in [-0.1, -0.05) is 48.0 Å². The zero-order chi connectivity index (χ0) is 19.7. The van der Waals surface area contributed by atoms with Crippen LogP contribution >= 0.6 is 0 Å². The molecule has 0 bridgehead atoms. The minimum absolute atomic E-state index is 0.284. The van der Waals surface area contributed by atoms with E-state index in [1.165, 1.54) is 3.97 Å². The highest BCUT2D eigenvalue weighted by atomic mass is 32.2. The summed E-state index contributed by atoms with van der Waals surface area (Å²) in [5.41, 5.74) is 3.41. The average molecular weight is 391 g/mol. The molecule has 0 aliphatic heterocycles. The second-order valence-electron chi connectivity index (χ2n) is 6.81. The van der Waals surface area contributed by atoms with Gasteiger partial charge >= 0.3 is 0 Å². The van der Waals surface area contributed by atoms with Crippen molar-refractivity contribution in [1.82, 2.24) is 3.97 Å². The van der Waals surface area contributed by atoms with Crippen LogP contribution in [0.4, 0.5) is 0 Å². The first-order valence-corrected chi connectivity index (χ1v) is 10.5. The molecule has 0 saturated carbocycles. The number of ether oxygens (including phenoxy) is 1. The Kier molecular flexibility index (Phi) is 4.69. The van der Waals surface area contributed by atoms with Gasteiger partial charge < -0.3 is 4.74 Å². The van der Waals surface area contributed by atoms with Gasteiger partial charge in [0.25, 0.3) is 10.0 Å². The van der Waals surface area contributed by atoms with Crippen LogP contribution in [0.1, 0.15) is 16.8 Å². The topological polar surface area (TPSA) is 48.3 Å². The first kappa shape index (κ1) is 18.3. The monoisotopic (exact) mass is 391 g/mol. The van der Waals surface area contributed by atoms with Crippen molar-refractivity contribution in [1.29, 1.82) is 0 Å². The zero-order valence-corrected chi connectivity index (χ0v) is 16.6. The van der Waals surface area contributed by atoms with Gasteiger partial charge in [-0.05, 0) is 48.9 Å². The fourth-order valence-electron chi connectivity index (χ4n) is 3.40. The molecule has 1 aromatic heterocycles. The molecule has 0 unspecified atom stereocenters. The number of methoxy groups -OCH3 is 1. The Bertz CT molecular complexity index is 1240. The van der Waals surface area contributed by atoms with Gasteiger partial charge in [-0.3, -0.25) is 0 Å². The SMILES string of the molecule is COc1cccc(Cc2cc3ccccc3n2S(=O)(=O)c2ccc(C)cc2)c1. The minimum atomic E-state index is -3.72. The number of aromatic nitrogens is 1. The molecule has 0 atom stereocenters. The summed E-state index contributed by atoms with van der Waals surface area (Å²) in [5.74, 6) is 0.751. The molecule has 0 N–H and O–H groups in total. The summed E-state index contributed by atoms with van der Waals surface area (Å²) in [4.78, 5) is 0.284. The van der Waals surface area contributed by atoms with Gasteiger partial charge in [0.05, 0.1) is 17.5 Å². The van der Waals surface area contributed by atoms with Crippen LogP contribution in [0, 0.1) is 6.92 Å². The number of fused-ring (bicyclic) bond motifs is 1. The maximum Gasteiger partial charge on any atom is 0.268 e. The smallest absolute Gasteiger partial charge is 0.268 e. The molecule has 0 saturated heterocycles. The summed E-state index contributed by atoms with van der Waals surface area (Å²) in [5, 5.41) is 0.899. The predicted octanol–water partition coefficient (Wildman–Crippen LogP) is 4.79. The highest BCUT2D eigenvalue weighted by Crippen LogP contribution is 2.28. The highest BCUT2D eigenvalue weighted by Gasteiger charge is 2.23. The molecular formula is C23H21NO3S. The maximum absolute atomic E-state index is 13.5. The van der Waals surface area contributed by atoms with E-state index in [2.05, 4.69) is 0 Å². The van der Waals surface area contributed by atoms with E-state index in [9.17, 15) is 8.42 Å². The van der Waals surface area contributed by atoms with Crippen molar-refractivity contribution in [2.45, 2.75) is 18.2 Å². The van der Waals surface area contributed by atoms with E-state index >= 15 is 0 Å². The normalized spacial score (nSPS) is 11.6. The molecule has 4 nitrogen and oxygen atoms in total. The Labute approximate surface area is 165 Å². The molecule has 0 fully saturated rings. The van der Waals surface area contributed by atoms with E-state index in [1.807, 2.05) is 73.7 Å². The number of nitrogens with zero attached hydrogens (tertiary/aromatic N) is 1. The highest BCUT2D eigenvalue weighted by molar-refractivity contribution is 7.90. The van der Waals surface area contributed by atoms with Gasteiger partial charge in [0, 0.05) is 17.5 Å². The van der Waals surface area contributed by atoms with E-state index in [4.69, 9.17) is 4.74 Å². The van der Waals surface area contributed by atoms with Gasteiger partial charge in [-0.15, -0.1) is 0 Å².